The highest BCUT2D eigenvalue weighted by Crippen LogP contribution is 2.59. The van der Waals surface area contributed by atoms with Gasteiger partial charge in [0, 0.05) is 16.4 Å². The molecular formula is C25H19N. The molecule has 0 aromatic heterocycles. The van der Waals surface area contributed by atoms with Crippen molar-refractivity contribution >= 4 is 27.8 Å². The molecule has 0 amide bonds. The van der Waals surface area contributed by atoms with Crippen LogP contribution in [-0.2, 0) is 5.41 Å². The van der Waals surface area contributed by atoms with Gasteiger partial charge in [-0.15, -0.1) is 0 Å². The number of hydrogen-bond acceptors (Lipinski definition) is 1. The highest BCUT2D eigenvalue weighted by molar-refractivity contribution is 6.16. The largest absolute Gasteiger partial charge is 0.309 e. The maximum absolute atomic E-state index is 2.49. The van der Waals surface area contributed by atoms with Crippen LogP contribution < -0.4 is 4.90 Å². The van der Waals surface area contributed by atoms with Gasteiger partial charge >= 0.3 is 0 Å². The lowest BCUT2D eigenvalue weighted by Crippen LogP contribution is -2.32. The van der Waals surface area contributed by atoms with E-state index in [-0.39, 0.29) is 5.41 Å². The van der Waals surface area contributed by atoms with E-state index >= 15 is 0 Å². The van der Waals surface area contributed by atoms with Crippen molar-refractivity contribution in [3.63, 3.8) is 0 Å². The van der Waals surface area contributed by atoms with E-state index in [2.05, 4.69) is 97.6 Å². The Hall–Kier alpha value is -3.06. The highest BCUT2D eigenvalue weighted by atomic mass is 15.2. The van der Waals surface area contributed by atoms with Gasteiger partial charge in [0.1, 0.15) is 0 Å². The zero-order chi connectivity index (χ0) is 17.5. The lowest BCUT2D eigenvalue weighted by Gasteiger charge is -2.45. The van der Waals surface area contributed by atoms with Crippen LogP contribution in [0.3, 0.4) is 0 Å². The Morgan fingerprint density at radius 1 is 0.615 bits per heavy atom. The van der Waals surface area contributed by atoms with Crippen LogP contribution in [0.4, 0.5) is 17.1 Å². The van der Waals surface area contributed by atoms with Gasteiger partial charge in [0.25, 0.3) is 0 Å². The number of hydrogen-bond donors (Lipinski definition) is 0. The summed E-state index contributed by atoms with van der Waals surface area (Å²) >= 11 is 0. The zero-order valence-corrected chi connectivity index (χ0v) is 15.0. The molecule has 0 saturated carbocycles. The van der Waals surface area contributed by atoms with Gasteiger partial charge in [0.05, 0.1) is 17.1 Å². The first-order valence-corrected chi connectivity index (χ1v) is 9.23. The minimum Gasteiger partial charge on any atom is -0.309 e. The summed E-state index contributed by atoms with van der Waals surface area (Å²) in [4.78, 5) is 2.49. The zero-order valence-electron chi connectivity index (χ0n) is 15.0. The van der Waals surface area contributed by atoms with Crippen molar-refractivity contribution in [1.29, 1.82) is 0 Å². The Balaban J connectivity index is 1.89. The van der Waals surface area contributed by atoms with Gasteiger partial charge in [-0.3, -0.25) is 0 Å². The molecular weight excluding hydrogens is 314 g/mol. The average Bonchev–Trinajstić information content (AvgIpc) is 2.68. The van der Waals surface area contributed by atoms with E-state index < -0.39 is 0 Å². The lowest BCUT2D eigenvalue weighted by molar-refractivity contribution is 0.633. The van der Waals surface area contributed by atoms with Crippen LogP contribution in [0, 0.1) is 0 Å². The molecule has 0 radical (unpaired) electrons. The van der Waals surface area contributed by atoms with Gasteiger partial charge in [-0.2, -0.15) is 0 Å². The molecule has 0 atom stereocenters. The second-order valence-electron chi connectivity index (χ2n) is 7.86. The molecule has 2 aliphatic heterocycles. The van der Waals surface area contributed by atoms with E-state index in [1.165, 1.54) is 50.1 Å². The number of nitrogens with zero attached hydrogens (tertiary/aromatic N) is 1. The van der Waals surface area contributed by atoms with Crippen molar-refractivity contribution in [2.24, 2.45) is 0 Å². The van der Waals surface area contributed by atoms with Gasteiger partial charge in [0.2, 0.25) is 0 Å². The predicted molar refractivity (Wildman–Crippen MR) is 110 cm³/mol. The molecule has 0 aliphatic carbocycles. The van der Waals surface area contributed by atoms with Crippen LogP contribution in [0.2, 0.25) is 0 Å². The fourth-order valence-corrected chi connectivity index (χ4v) is 4.93. The number of para-hydroxylation sites is 2. The van der Waals surface area contributed by atoms with Gasteiger partial charge in [-0.05, 0) is 34.2 Å². The molecule has 2 heterocycles. The molecule has 4 aromatic rings. The third-order valence-electron chi connectivity index (χ3n) is 6.17. The van der Waals surface area contributed by atoms with Crippen molar-refractivity contribution in [2.45, 2.75) is 19.3 Å². The fraction of sp³-hybridized carbons (Fsp3) is 0.120. The third kappa shape index (κ3) is 1.52. The normalized spacial score (nSPS) is 15.5. The van der Waals surface area contributed by atoms with Gasteiger partial charge in [-0.1, -0.05) is 80.6 Å². The summed E-state index contributed by atoms with van der Waals surface area (Å²) in [6.45, 7) is 4.70. The van der Waals surface area contributed by atoms with E-state index in [1.807, 2.05) is 0 Å². The smallest absolute Gasteiger partial charge is 0.0587 e. The standard InChI is InChI=1S/C25H19N/c1-25(2)19-11-4-6-13-22(19)26-21-12-5-3-9-17(21)18-10-7-8-16-14-15-20(25)24(26)23(16)18/h3-15H,1-2H3. The minimum atomic E-state index is -0.0178. The quantitative estimate of drug-likeness (QED) is 0.297. The molecule has 0 unspecified atom stereocenters. The summed E-state index contributed by atoms with van der Waals surface area (Å²) in [5.74, 6) is 0. The van der Waals surface area contributed by atoms with Crippen LogP contribution in [0.5, 0.6) is 0 Å². The Morgan fingerprint density at radius 3 is 2.23 bits per heavy atom. The van der Waals surface area contributed by atoms with Gasteiger partial charge in [0.15, 0.2) is 0 Å². The van der Waals surface area contributed by atoms with E-state index in [1.54, 1.807) is 0 Å². The summed E-state index contributed by atoms with van der Waals surface area (Å²) in [6.07, 6.45) is 0. The molecule has 1 heteroatoms. The van der Waals surface area contributed by atoms with Crippen molar-refractivity contribution in [2.75, 3.05) is 4.90 Å². The molecule has 2 aliphatic rings. The number of rotatable bonds is 0. The SMILES string of the molecule is CC1(C)c2ccccc2N2c3ccccc3-c3cccc4ccc1c2c34. The van der Waals surface area contributed by atoms with Crippen LogP contribution >= 0.6 is 0 Å². The summed E-state index contributed by atoms with van der Waals surface area (Å²) in [5.41, 5.74) is 9.39. The second-order valence-corrected chi connectivity index (χ2v) is 7.86. The molecule has 26 heavy (non-hydrogen) atoms. The number of fused-ring (bicyclic) bond motifs is 5. The molecule has 4 aromatic carbocycles. The molecule has 124 valence electrons. The molecule has 0 N–H and O–H groups in total. The maximum Gasteiger partial charge on any atom is 0.0587 e. The second kappa shape index (κ2) is 4.56. The first-order valence-electron chi connectivity index (χ1n) is 9.23. The van der Waals surface area contributed by atoms with E-state index in [0.29, 0.717) is 0 Å². The van der Waals surface area contributed by atoms with E-state index in [9.17, 15) is 0 Å². The van der Waals surface area contributed by atoms with Crippen molar-refractivity contribution in [3.8, 4) is 11.1 Å². The van der Waals surface area contributed by atoms with Gasteiger partial charge < -0.3 is 4.90 Å². The Bertz CT molecular complexity index is 1220. The first-order chi connectivity index (χ1) is 12.7. The number of benzene rings is 4. The summed E-state index contributed by atoms with van der Waals surface area (Å²) in [7, 11) is 0. The van der Waals surface area contributed by atoms with E-state index in [0.717, 1.165) is 0 Å². The first kappa shape index (κ1) is 14.1. The van der Waals surface area contributed by atoms with Crippen molar-refractivity contribution in [3.05, 3.63) is 90.0 Å². The van der Waals surface area contributed by atoms with Crippen LogP contribution in [0.25, 0.3) is 21.9 Å². The minimum absolute atomic E-state index is 0.0178. The molecule has 6 rings (SSSR count). The Labute approximate surface area is 153 Å². The molecule has 0 bridgehead atoms. The number of anilines is 3. The predicted octanol–water partition coefficient (Wildman–Crippen LogP) is 6.93. The highest BCUT2D eigenvalue weighted by Gasteiger charge is 2.40. The maximum atomic E-state index is 2.49. The Kier molecular flexibility index (Phi) is 2.48. The summed E-state index contributed by atoms with van der Waals surface area (Å²) < 4.78 is 0. The molecule has 0 saturated heterocycles. The molecule has 0 spiro atoms. The average molecular weight is 333 g/mol. The van der Waals surface area contributed by atoms with Crippen molar-refractivity contribution < 1.29 is 0 Å². The lowest BCUT2D eigenvalue weighted by atomic mass is 9.71. The topological polar surface area (TPSA) is 3.24 Å². The Morgan fingerprint density at radius 2 is 1.35 bits per heavy atom. The van der Waals surface area contributed by atoms with Crippen LogP contribution in [-0.4, -0.2) is 0 Å². The van der Waals surface area contributed by atoms with Crippen molar-refractivity contribution in [1.82, 2.24) is 0 Å². The summed E-state index contributed by atoms with van der Waals surface area (Å²) in [5, 5.41) is 2.70. The monoisotopic (exact) mass is 333 g/mol. The van der Waals surface area contributed by atoms with Crippen LogP contribution in [0.15, 0.2) is 78.9 Å². The fourth-order valence-electron chi connectivity index (χ4n) is 4.93. The van der Waals surface area contributed by atoms with Gasteiger partial charge in [-0.25, -0.2) is 0 Å². The molecule has 0 fully saturated rings. The van der Waals surface area contributed by atoms with Crippen LogP contribution in [0.1, 0.15) is 25.0 Å². The third-order valence-corrected chi connectivity index (χ3v) is 6.17. The molecule has 1 nitrogen and oxygen atoms in total. The van der Waals surface area contributed by atoms with E-state index in [4.69, 9.17) is 0 Å². The summed E-state index contributed by atoms with van der Waals surface area (Å²) in [6, 6.07) is 29.0.